The lowest BCUT2D eigenvalue weighted by Gasteiger charge is -2.29. The molecule has 0 saturated heterocycles. The summed E-state index contributed by atoms with van der Waals surface area (Å²) < 4.78 is 2.35. The first-order valence-electron chi connectivity index (χ1n) is 9.45. The highest BCUT2D eigenvalue weighted by Crippen LogP contribution is 2.36. The van der Waals surface area contributed by atoms with Gasteiger partial charge in [-0.1, -0.05) is 0 Å². The Hall–Kier alpha value is -3.20. The topological polar surface area (TPSA) is 83.2 Å². The molecule has 1 fully saturated rings. The van der Waals surface area contributed by atoms with Crippen LogP contribution in [0.25, 0.3) is 22.1 Å². The van der Waals surface area contributed by atoms with Gasteiger partial charge >= 0.3 is 0 Å². The van der Waals surface area contributed by atoms with Crippen LogP contribution in [-0.2, 0) is 6.42 Å². The molecule has 1 aliphatic rings. The Bertz CT molecular complexity index is 1120. The minimum atomic E-state index is 0.487. The molecule has 5 rings (SSSR count). The van der Waals surface area contributed by atoms with Crippen molar-refractivity contribution in [3.63, 3.8) is 0 Å². The summed E-state index contributed by atoms with van der Waals surface area (Å²) in [6.45, 7) is 0. The standard InChI is InChI=1S/C21H20N6/c22-10-15-1-4-16(24-11-15)9-14-2-5-17(6-3-14)27-13-26-19-12-25-21-18(20(19)27)7-8-23-21/h1,4,7-8,11-14,17H,2-3,5-6,9H2,(H,23,25). The molecule has 0 aliphatic heterocycles. The summed E-state index contributed by atoms with van der Waals surface area (Å²) in [6.07, 6.45) is 13.1. The zero-order valence-corrected chi connectivity index (χ0v) is 15.0. The first-order valence-corrected chi connectivity index (χ1v) is 9.45. The van der Waals surface area contributed by atoms with Gasteiger partial charge in [-0.05, 0) is 56.2 Å². The minimum Gasteiger partial charge on any atom is -0.346 e. The molecule has 1 saturated carbocycles. The monoisotopic (exact) mass is 356 g/mol. The normalized spacial score (nSPS) is 20.1. The number of fused-ring (bicyclic) bond motifs is 3. The fourth-order valence-electron chi connectivity index (χ4n) is 4.34. The molecule has 0 bridgehead atoms. The summed E-state index contributed by atoms with van der Waals surface area (Å²) in [7, 11) is 0. The lowest BCUT2D eigenvalue weighted by molar-refractivity contribution is 0.276. The summed E-state index contributed by atoms with van der Waals surface area (Å²) >= 11 is 0. The zero-order valence-electron chi connectivity index (χ0n) is 15.0. The van der Waals surface area contributed by atoms with Gasteiger partial charge < -0.3 is 9.55 Å². The zero-order chi connectivity index (χ0) is 18.2. The van der Waals surface area contributed by atoms with Crippen LogP contribution in [0.15, 0.2) is 43.1 Å². The highest BCUT2D eigenvalue weighted by molar-refractivity contribution is 6.00. The minimum absolute atomic E-state index is 0.487. The van der Waals surface area contributed by atoms with E-state index in [0.717, 1.165) is 41.5 Å². The molecular formula is C21H20N6. The van der Waals surface area contributed by atoms with E-state index in [9.17, 15) is 0 Å². The Balaban J connectivity index is 1.32. The van der Waals surface area contributed by atoms with Crippen molar-refractivity contribution in [2.45, 2.75) is 38.1 Å². The number of rotatable bonds is 3. The molecule has 0 aromatic carbocycles. The van der Waals surface area contributed by atoms with Crippen molar-refractivity contribution in [3.05, 3.63) is 54.4 Å². The van der Waals surface area contributed by atoms with Gasteiger partial charge in [-0.3, -0.25) is 4.98 Å². The average Bonchev–Trinajstić information content (AvgIpc) is 3.35. The van der Waals surface area contributed by atoms with Gasteiger partial charge in [-0.15, -0.1) is 0 Å². The quantitative estimate of drug-likeness (QED) is 0.597. The summed E-state index contributed by atoms with van der Waals surface area (Å²) in [4.78, 5) is 16.6. The van der Waals surface area contributed by atoms with E-state index in [-0.39, 0.29) is 0 Å². The molecule has 0 amide bonds. The Labute approximate surface area is 156 Å². The van der Waals surface area contributed by atoms with Crippen LogP contribution >= 0.6 is 0 Å². The van der Waals surface area contributed by atoms with Crippen LogP contribution < -0.4 is 0 Å². The van der Waals surface area contributed by atoms with E-state index in [1.807, 2.05) is 30.9 Å². The van der Waals surface area contributed by atoms with Crippen LogP contribution in [0.5, 0.6) is 0 Å². The highest BCUT2D eigenvalue weighted by atomic mass is 15.1. The van der Waals surface area contributed by atoms with E-state index in [0.29, 0.717) is 17.5 Å². The number of pyridine rings is 2. The lowest BCUT2D eigenvalue weighted by Crippen LogP contribution is -2.19. The molecule has 0 radical (unpaired) electrons. The molecule has 6 nitrogen and oxygen atoms in total. The Morgan fingerprint density at radius 1 is 1.07 bits per heavy atom. The van der Waals surface area contributed by atoms with Crippen molar-refractivity contribution in [3.8, 4) is 6.07 Å². The first-order chi connectivity index (χ1) is 13.3. The van der Waals surface area contributed by atoms with E-state index in [4.69, 9.17) is 5.26 Å². The molecule has 4 heterocycles. The van der Waals surface area contributed by atoms with Gasteiger partial charge in [0.25, 0.3) is 0 Å². The van der Waals surface area contributed by atoms with Crippen molar-refractivity contribution in [1.82, 2.24) is 24.5 Å². The number of imidazole rings is 1. The van der Waals surface area contributed by atoms with E-state index in [1.54, 1.807) is 6.20 Å². The second-order valence-corrected chi connectivity index (χ2v) is 7.41. The van der Waals surface area contributed by atoms with Gasteiger partial charge in [-0.2, -0.15) is 5.26 Å². The third-order valence-corrected chi connectivity index (χ3v) is 5.78. The van der Waals surface area contributed by atoms with Crippen LogP contribution in [0.4, 0.5) is 0 Å². The first kappa shape index (κ1) is 16.0. The molecule has 134 valence electrons. The van der Waals surface area contributed by atoms with E-state index < -0.39 is 0 Å². The molecule has 0 spiro atoms. The SMILES string of the molecule is N#Cc1ccc(CC2CCC(n3cnc4cnc5[nH]ccc5c43)CC2)nc1. The van der Waals surface area contributed by atoms with Crippen LogP contribution in [0.3, 0.4) is 0 Å². The molecule has 0 atom stereocenters. The Morgan fingerprint density at radius 3 is 2.74 bits per heavy atom. The number of hydrogen-bond acceptors (Lipinski definition) is 4. The van der Waals surface area contributed by atoms with Crippen LogP contribution in [-0.4, -0.2) is 24.5 Å². The molecule has 1 aliphatic carbocycles. The lowest BCUT2D eigenvalue weighted by atomic mass is 9.83. The molecule has 27 heavy (non-hydrogen) atoms. The van der Waals surface area contributed by atoms with E-state index in [1.165, 1.54) is 18.4 Å². The fraction of sp³-hybridized carbons (Fsp3) is 0.333. The van der Waals surface area contributed by atoms with Gasteiger partial charge in [0.2, 0.25) is 0 Å². The second-order valence-electron chi connectivity index (χ2n) is 7.41. The van der Waals surface area contributed by atoms with Crippen molar-refractivity contribution < 1.29 is 0 Å². The highest BCUT2D eigenvalue weighted by Gasteiger charge is 2.24. The molecule has 4 aromatic heterocycles. The van der Waals surface area contributed by atoms with Crippen LogP contribution in [0, 0.1) is 17.2 Å². The van der Waals surface area contributed by atoms with Gasteiger partial charge in [0, 0.05) is 29.5 Å². The maximum atomic E-state index is 8.89. The smallest absolute Gasteiger partial charge is 0.139 e. The van der Waals surface area contributed by atoms with E-state index in [2.05, 4.69) is 36.6 Å². The van der Waals surface area contributed by atoms with Crippen LogP contribution in [0.2, 0.25) is 0 Å². The molecule has 1 N–H and O–H groups in total. The third kappa shape index (κ3) is 2.85. The van der Waals surface area contributed by atoms with Gasteiger partial charge in [-0.25, -0.2) is 9.97 Å². The summed E-state index contributed by atoms with van der Waals surface area (Å²) in [5, 5.41) is 10.0. The van der Waals surface area contributed by atoms with Crippen molar-refractivity contribution in [1.29, 1.82) is 5.26 Å². The van der Waals surface area contributed by atoms with Crippen LogP contribution in [0.1, 0.15) is 43.0 Å². The number of nitriles is 1. The predicted octanol–water partition coefficient (Wildman–Crippen LogP) is 4.15. The number of nitrogens with one attached hydrogen (secondary N) is 1. The Kier molecular flexibility index (Phi) is 3.86. The molecule has 0 unspecified atom stereocenters. The number of nitrogens with zero attached hydrogens (tertiary/aromatic N) is 5. The fourth-order valence-corrected chi connectivity index (χ4v) is 4.34. The predicted molar refractivity (Wildman–Crippen MR) is 103 cm³/mol. The average molecular weight is 356 g/mol. The van der Waals surface area contributed by atoms with Crippen molar-refractivity contribution in [2.75, 3.05) is 0 Å². The number of aromatic nitrogens is 5. The number of H-pyrrole nitrogens is 1. The summed E-state index contributed by atoms with van der Waals surface area (Å²) in [5.41, 5.74) is 4.79. The maximum absolute atomic E-state index is 8.89. The summed E-state index contributed by atoms with van der Waals surface area (Å²) in [6, 6.07) is 8.55. The van der Waals surface area contributed by atoms with Gasteiger partial charge in [0.05, 0.1) is 23.6 Å². The third-order valence-electron chi connectivity index (χ3n) is 5.78. The van der Waals surface area contributed by atoms with Gasteiger partial charge in [0.15, 0.2) is 0 Å². The largest absolute Gasteiger partial charge is 0.346 e. The molecule has 4 aromatic rings. The molecular weight excluding hydrogens is 336 g/mol. The number of aromatic amines is 1. The van der Waals surface area contributed by atoms with E-state index >= 15 is 0 Å². The van der Waals surface area contributed by atoms with Gasteiger partial charge in [0.1, 0.15) is 17.2 Å². The van der Waals surface area contributed by atoms with Crippen molar-refractivity contribution >= 4 is 22.1 Å². The Morgan fingerprint density at radius 2 is 1.96 bits per heavy atom. The number of hydrogen-bond donors (Lipinski definition) is 1. The second kappa shape index (κ2) is 6.51. The molecule has 6 heteroatoms. The van der Waals surface area contributed by atoms with Crippen molar-refractivity contribution in [2.24, 2.45) is 5.92 Å². The summed E-state index contributed by atoms with van der Waals surface area (Å²) in [5.74, 6) is 0.658. The maximum Gasteiger partial charge on any atom is 0.139 e.